The minimum absolute atomic E-state index is 0.0591. The number of aromatic nitrogens is 1. The molecule has 20 heavy (non-hydrogen) atoms. The van der Waals surface area contributed by atoms with Crippen molar-refractivity contribution >= 4 is 54.2 Å². The Kier molecular flexibility index (Phi) is 3.40. The van der Waals surface area contributed by atoms with Crippen molar-refractivity contribution in [3.8, 4) is 0 Å². The van der Waals surface area contributed by atoms with Gasteiger partial charge in [0, 0.05) is 42.9 Å². The van der Waals surface area contributed by atoms with Gasteiger partial charge in [-0.2, -0.15) is 0 Å². The Balaban J connectivity index is 2.18. The first-order valence-corrected chi connectivity index (χ1v) is 7.51. The molecule has 0 saturated carbocycles. The van der Waals surface area contributed by atoms with Gasteiger partial charge in [0.2, 0.25) is 0 Å². The number of benzene rings is 2. The highest BCUT2D eigenvalue weighted by atomic mass is 79.9. The second-order valence-electron chi connectivity index (χ2n) is 4.47. The van der Waals surface area contributed by atoms with Crippen molar-refractivity contribution in [3.63, 3.8) is 0 Å². The summed E-state index contributed by atoms with van der Waals surface area (Å²) in [6, 6.07) is 11.0. The first-order valence-electron chi connectivity index (χ1n) is 5.92. The van der Waals surface area contributed by atoms with Crippen molar-refractivity contribution < 1.29 is 4.79 Å². The second-order valence-corrected chi connectivity index (χ2v) is 6.24. The van der Waals surface area contributed by atoms with E-state index in [9.17, 15) is 4.79 Å². The third-order valence-electron chi connectivity index (χ3n) is 3.08. The molecule has 3 nitrogen and oxygen atoms in total. The topological polar surface area (TPSA) is 58.9 Å². The fourth-order valence-corrected chi connectivity index (χ4v) is 3.31. The van der Waals surface area contributed by atoms with Crippen LogP contribution in [0.2, 0.25) is 0 Å². The molecule has 0 aliphatic carbocycles. The van der Waals surface area contributed by atoms with Crippen LogP contribution >= 0.6 is 31.9 Å². The zero-order chi connectivity index (χ0) is 14.3. The van der Waals surface area contributed by atoms with E-state index in [-0.39, 0.29) is 5.78 Å². The summed E-state index contributed by atoms with van der Waals surface area (Å²) in [6.45, 7) is 0. The second kappa shape index (κ2) is 5.07. The quantitative estimate of drug-likeness (QED) is 0.497. The molecule has 0 spiro atoms. The molecule has 0 aliphatic heterocycles. The minimum atomic E-state index is -0.0591. The van der Waals surface area contributed by atoms with Gasteiger partial charge in [-0.25, -0.2) is 0 Å². The van der Waals surface area contributed by atoms with E-state index >= 15 is 0 Å². The molecule has 2 aromatic carbocycles. The third kappa shape index (κ3) is 2.27. The molecule has 0 atom stereocenters. The highest BCUT2D eigenvalue weighted by Crippen LogP contribution is 2.29. The summed E-state index contributed by atoms with van der Waals surface area (Å²) in [7, 11) is 0. The Hall–Kier alpha value is -1.59. The molecule has 0 radical (unpaired) electrons. The summed E-state index contributed by atoms with van der Waals surface area (Å²) in [4.78, 5) is 15.8. The van der Waals surface area contributed by atoms with E-state index in [0.717, 1.165) is 19.8 Å². The Morgan fingerprint density at radius 3 is 2.70 bits per heavy atom. The Labute approximate surface area is 132 Å². The highest BCUT2D eigenvalue weighted by molar-refractivity contribution is 9.11. The van der Waals surface area contributed by atoms with Gasteiger partial charge in [0.25, 0.3) is 0 Å². The van der Waals surface area contributed by atoms with Gasteiger partial charge in [-0.1, -0.05) is 37.9 Å². The number of carbonyl (C=O) groups is 1. The number of carbonyl (C=O) groups excluding carboxylic acids is 1. The predicted octanol–water partition coefficient (Wildman–Crippen LogP) is 4.51. The summed E-state index contributed by atoms with van der Waals surface area (Å²) in [5, 5.41) is 0.885. The highest BCUT2D eigenvalue weighted by Gasteiger charge is 2.16. The van der Waals surface area contributed by atoms with Gasteiger partial charge in [0.1, 0.15) is 0 Å². The van der Waals surface area contributed by atoms with Crippen molar-refractivity contribution in [3.05, 3.63) is 62.7 Å². The lowest BCUT2D eigenvalue weighted by Gasteiger charge is -2.04. The van der Waals surface area contributed by atoms with Crippen molar-refractivity contribution in [2.45, 2.75) is 0 Å². The first-order chi connectivity index (χ1) is 9.56. The lowest BCUT2D eigenvalue weighted by molar-refractivity contribution is 0.104. The monoisotopic (exact) mass is 392 g/mol. The molecule has 1 aromatic heterocycles. The van der Waals surface area contributed by atoms with Crippen LogP contribution in [0.15, 0.2) is 51.5 Å². The summed E-state index contributed by atoms with van der Waals surface area (Å²) >= 11 is 6.85. The molecule has 5 heteroatoms. The molecule has 100 valence electrons. The summed E-state index contributed by atoms with van der Waals surface area (Å²) < 4.78 is 1.68. The number of fused-ring (bicyclic) bond motifs is 1. The van der Waals surface area contributed by atoms with E-state index < -0.39 is 0 Å². The third-order valence-corrected chi connectivity index (χ3v) is 4.20. The number of H-pyrrole nitrogens is 1. The number of rotatable bonds is 2. The van der Waals surface area contributed by atoms with Gasteiger partial charge in [0.15, 0.2) is 5.78 Å². The molecule has 3 aromatic rings. The van der Waals surface area contributed by atoms with E-state index in [1.54, 1.807) is 24.4 Å². The number of halogens is 2. The van der Waals surface area contributed by atoms with E-state index in [1.165, 1.54) is 0 Å². The number of hydrogen-bond donors (Lipinski definition) is 2. The molecular formula is C15H10Br2N2O. The molecule has 0 fully saturated rings. The standard InChI is InChI=1S/C15H10Br2N2O/c16-9-4-8(5-10(18)6-9)15(20)11-7-19-13-3-1-2-12(17)14(11)13/h1-7,19H,18H2. The zero-order valence-corrected chi connectivity index (χ0v) is 13.5. The Morgan fingerprint density at radius 2 is 1.95 bits per heavy atom. The van der Waals surface area contributed by atoms with Gasteiger partial charge in [-0.3, -0.25) is 4.79 Å². The first kappa shape index (κ1) is 13.4. The summed E-state index contributed by atoms with van der Waals surface area (Å²) in [5.74, 6) is -0.0591. The van der Waals surface area contributed by atoms with Gasteiger partial charge >= 0.3 is 0 Å². The van der Waals surface area contributed by atoms with E-state index in [0.29, 0.717) is 16.8 Å². The van der Waals surface area contributed by atoms with Gasteiger partial charge in [0.05, 0.1) is 0 Å². The molecule has 0 unspecified atom stereocenters. The maximum absolute atomic E-state index is 12.7. The zero-order valence-electron chi connectivity index (χ0n) is 10.3. The van der Waals surface area contributed by atoms with Gasteiger partial charge in [-0.15, -0.1) is 0 Å². The molecule has 1 heterocycles. The largest absolute Gasteiger partial charge is 0.399 e. The normalized spacial score (nSPS) is 10.9. The van der Waals surface area contributed by atoms with Gasteiger partial charge in [-0.05, 0) is 30.3 Å². The van der Waals surface area contributed by atoms with Crippen molar-refractivity contribution in [1.29, 1.82) is 0 Å². The van der Waals surface area contributed by atoms with Crippen LogP contribution in [-0.4, -0.2) is 10.8 Å². The van der Waals surface area contributed by atoms with E-state index in [2.05, 4.69) is 36.8 Å². The molecule has 0 saturated heterocycles. The van der Waals surface area contributed by atoms with Crippen molar-refractivity contribution in [2.75, 3.05) is 5.73 Å². The maximum atomic E-state index is 12.7. The number of aromatic amines is 1. The number of ketones is 1. The number of nitrogens with one attached hydrogen (secondary N) is 1. The van der Waals surface area contributed by atoms with Crippen molar-refractivity contribution in [1.82, 2.24) is 4.98 Å². The fraction of sp³-hybridized carbons (Fsp3) is 0. The smallest absolute Gasteiger partial charge is 0.195 e. The average molecular weight is 394 g/mol. The molecular weight excluding hydrogens is 384 g/mol. The summed E-state index contributed by atoms with van der Waals surface area (Å²) in [6.07, 6.45) is 1.73. The van der Waals surface area contributed by atoms with Crippen LogP contribution < -0.4 is 5.73 Å². The van der Waals surface area contributed by atoms with Crippen molar-refractivity contribution in [2.24, 2.45) is 0 Å². The van der Waals surface area contributed by atoms with Crippen LogP contribution in [0.5, 0.6) is 0 Å². The van der Waals surface area contributed by atoms with E-state index in [1.807, 2.05) is 18.2 Å². The number of nitrogens with two attached hydrogens (primary N) is 1. The average Bonchev–Trinajstić information content (AvgIpc) is 2.82. The van der Waals surface area contributed by atoms with Crippen LogP contribution in [0.25, 0.3) is 10.9 Å². The predicted molar refractivity (Wildman–Crippen MR) is 88.0 cm³/mol. The lowest BCUT2D eigenvalue weighted by Crippen LogP contribution is -2.02. The molecule has 3 rings (SSSR count). The molecule has 3 N–H and O–H groups in total. The Morgan fingerprint density at radius 1 is 1.15 bits per heavy atom. The molecule has 0 aliphatic rings. The lowest BCUT2D eigenvalue weighted by atomic mass is 10.0. The van der Waals surface area contributed by atoms with Gasteiger partial charge < -0.3 is 10.7 Å². The van der Waals surface area contributed by atoms with Crippen LogP contribution in [0.1, 0.15) is 15.9 Å². The summed E-state index contributed by atoms with van der Waals surface area (Å²) in [5.41, 5.74) is 8.47. The SMILES string of the molecule is Nc1cc(Br)cc(C(=O)c2c[nH]c3cccc(Br)c23)c1. The maximum Gasteiger partial charge on any atom is 0.195 e. The minimum Gasteiger partial charge on any atom is -0.399 e. The molecule has 0 bridgehead atoms. The van der Waals surface area contributed by atoms with E-state index in [4.69, 9.17) is 5.73 Å². The van der Waals surface area contributed by atoms with Crippen LogP contribution in [-0.2, 0) is 0 Å². The number of hydrogen-bond acceptors (Lipinski definition) is 2. The number of anilines is 1. The van der Waals surface area contributed by atoms with Crippen LogP contribution in [0, 0.1) is 0 Å². The number of nitrogen functional groups attached to an aromatic ring is 1. The van der Waals surface area contributed by atoms with Crippen LogP contribution in [0.4, 0.5) is 5.69 Å². The fourth-order valence-electron chi connectivity index (χ4n) is 2.22. The Bertz CT molecular complexity index is 804. The van der Waals surface area contributed by atoms with Crippen LogP contribution in [0.3, 0.4) is 0 Å². The molecule has 0 amide bonds.